The molecule has 1 atom stereocenters. The number of furan rings is 1. The lowest BCUT2D eigenvalue weighted by Crippen LogP contribution is -2.35. The van der Waals surface area contributed by atoms with Crippen LogP contribution >= 0.6 is 11.6 Å². The molecule has 1 aromatic heterocycles. The van der Waals surface area contributed by atoms with Gasteiger partial charge in [0.2, 0.25) is 5.09 Å². The number of rotatable bonds is 5. The summed E-state index contributed by atoms with van der Waals surface area (Å²) in [7, 11) is -4.25. The summed E-state index contributed by atoms with van der Waals surface area (Å²) in [6.45, 7) is 7.85. The molecular weight excluding hydrogens is 428 g/mol. The van der Waals surface area contributed by atoms with Crippen LogP contribution < -0.4 is 10.0 Å². The lowest BCUT2D eigenvalue weighted by molar-refractivity contribution is 0.152. The maximum atomic E-state index is 12.7. The van der Waals surface area contributed by atoms with Crippen LogP contribution in [0.5, 0.6) is 0 Å². The highest BCUT2D eigenvalue weighted by atomic mass is 35.5. The van der Waals surface area contributed by atoms with Gasteiger partial charge in [-0.15, -0.1) is 0 Å². The van der Waals surface area contributed by atoms with Gasteiger partial charge in [-0.2, -0.15) is 8.42 Å². The summed E-state index contributed by atoms with van der Waals surface area (Å²) < 4.78 is 32.8. The van der Waals surface area contributed by atoms with Crippen molar-refractivity contribution >= 4 is 33.3 Å². The predicted molar refractivity (Wildman–Crippen MR) is 116 cm³/mol. The normalized spacial score (nSPS) is 16.6. The van der Waals surface area contributed by atoms with Crippen molar-refractivity contribution < 1.29 is 22.7 Å². The molecule has 0 radical (unpaired) electrons. The van der Waals surface area contributed by atoms with Gasteiger partial charge in [0.15, 0.2) is 0 Å². The number of carbonyl (C=O) groups is 1. The van der Waals surface area contributed by atoms with Crippen molar-refractivity contribution in [3.8, 4) is 0 Å². The molecule has 1 aromatic carbocycles. The molecule has 3 rings (SSSR count). The number of amides is 2. The van der Waals surface area contributed by atoms with Gasteiger partial charge in [-0.1, -0.05) is 45.4 Å². The molecule has 3 N–H and O–H groups in total. The highest BCUT2D eigenvalue weighted by Crippen LogP contribution is 2.38. The Morgan fingerprint density at radius 2 is 1.93 bits per heavy atom. The second-order valence-electron chi connectivity index (χ2n) is 8.15. The SMILES string of the molecule is CC(C)c1ccc(Cl)c(C(C)C)c1NC(=O)NS(=O)(=O)c1cc2c(o1)CCCC2O. The average Bonchev–Trinajstić information content (AvgIpc) is 3.07. The number of halogens is 1. The van der Waals surface area contributed by atoms with Crippen LogP contribution in [0.4, 0.5) is 10.5 Å². The highest BCUT2D eigenvalue weighted by Gasteiger charge is 2.29. The Balaban J connectivity index is 1.88. The maximum Gasteiger partial charge on any atom is 0.333 e. The number of carbonyl (C=O) groups excluding carboxylic acids is 1. The van der Waals surface area contributed by atoms with Crippen LogP contribution in [0.15, 0.2) is 27.7 Å². The van der Waals surface area contributed by atoms with Crippen LogP contribution in [0.2, 0.25) is 5.02 Å². The molecule has 164 valence electrons. The third kappa shape index (κ3) is 4.50. The second-order valence-corrected chi connectivity index (χ2v) is 10.2. The Kier molecular flexibility index (Phi) is 6.50. The monoisotopic (exact) mass is 454 g/mol. The number of aryl methyl sites for hydroxylation is 1. The summed E-state index contributed by atoms with van der Waals surface area (Å²) in [5.41, 5.74) is 2.56. The van der Waals surface area contributed by atoms with E-state index in [0.29, 0.717) is 41.3 Å². The summed E-state index contributed by atoms with van der Waals surface area (Å²) >= 11 is 6.36. The number of urea groups is 1. The van der Waals surface area contributed by atoms with E-state index in [1.807, 2.05) is 38.5 Å². The second kappa shape index (κ2) is 8.61. The zero-order valence-corrected chi connectivity index (χ0v) is 19.0. The first kappa shape index (κ1) is 22.7. The van der Waals surface area contributed by atoms with Gasteiger partial charge < -0.3 is 14.8 Å². The van der Waals surface area contributed by atoms with Crippen molar-refractivity contribution in [3.63, 3.8) is 0 Å². The van der Waals surface area contributed by atoms with Crippen LogP contribution in [0.3, 0.4) is 0 Å². The summed E-state index contributed by atoms with van der Waals surface area (Å²) in [5.74, 6) is 0.542. The molecule has 9 heteroatoms. The van der Waals surface area contributed by atoms with Gasteiger partial charge in [-0.25, -0.2) is 9.52 Å². The fraction of sp³-hybridized carbons (Fsp3) is 0.476. The predicted octanol–water partition coefficient (Wildman–Crippen LogP) is 5.06. The molecule has 2 amide bonds. The highest BCUT2D eigenvalue weighted by molar-refractivity contribution is 7.89. The molecule has 0 saturated heterocycles. The van der Waals surface area contributed by atoms with E-state index in [1.165, 1.54) is 6.07 Å². The average molecular weight is 455 g/mol. The number of nitrogens with one attached hydrogen (secondary N) is 2. The molecule has 0 bridgehead atoms. The summed E-state index contributed by atoms with van der Waals surface area (Å²) in [4.78, 5) is 12.6. The van der Waals surface area contributed by atoms with Gasteiger partial charge in [0.25, 0.3) is 10.0 Å². The Morgan fingerprint density at radius 3 is 2.53 bits per heavy atom. The van der Waals surface area contributed by atoms with Gasteiger partial charge in [0.05, 0.1) is 11.8 Å². The number of anilines is 1. The van der Waals surface area contributed by atoms with Crippen LogP contribution in [-0.2, 0) is 16.4 Å². The number of sulfonamides is 1. The van der Waals surface area contributed by atoms with Crippen molar-refractivity contribution in [3.05, 3.63) is 45.7 Å². The first-order valence-electron chi connectivity index (χ1n) is 9.98. The summed E-state index contributed by atoms with van der Waals surface area (Å²) in [5, 5.41) is 12.8. The number of aliphatic hydroxyl groups is 1. The molecule has 1 aliphatic rings. The van der Waals surface area contributed by atoms with E-state index in [9.17, 15) is 18.3 Å². The molecule has 1 heterocycles. The molecule has 2 aromatic rings. The minimum absolute atomic E-state index is 0.0152. The molecule has 0 aliphatic heterocycles. The lowest BCUT2D eigenvalue weighted by Gasteiger charge is -2.21. The Morgan fingerprint density at radius 1 is 1.23 bits per heavy atom. The molecule has 0 spiro atoms. The van der Waals surface area contributed by atoms with Crippen LogP contribution in [0, 0.1) is 0 Å². The zero-order chi connectivity index (χ0) is 22.2. The van der Waals surface area contributed by atoms with Crippen molar-refractivity contribution in [2.75, 3.05) is 5.32 Å². The number of benzene rings is 1. The first-order chi connectivity index (χ1) is 14.0. The van der Waals surface area contributed by atoms with E-state index >= 15 is 0 Å². The quantitative estimate of drug-likeness (QED) is 0.585. The summed E-state index contributed by atoms with van der Waals surface area (Å²) in [6.07, 6.45) is 1.04. The Labute approximate surface area is 181 Å². The minimum atomic E-state index is -4.25. The fourth-order valence-corrected chi connectivity index (χ4v) is 5.01. The number of aliphatic hydroxyl groups excluding tert-OH is 1. The minimum Gasteiger partial charge on any atom is -0.447 e. The van der Waals surface area contributed by atoms with Crippen molar-refractivity contribution in [2.24, 2.45) is 0 Å². The van der Waals surface area contributed by atoms with E-state index < -0.39 is 22.2 Å². The van der Waals surface area contributed by atoms with Crippen molar-refractivity contribution in [2.45, 2.75) is 70.0 Å². The molecule has 0 fully saturated rings. The van der Waals surface area contributed by atoms with Crippen molar-refractivity contribution in [1.82, 2.24) is 4.72 Å². The van der Waals surface area contributed by atoms with E-state index in [-0.39, 0.29) is 16.9 Å². The number of hydrogen-bond acceptors (Lipinski definition) is 5. The third-order valence-electron chi connectivity index (χ3n) is 5.21. The molecular formula is C21H27ClN2O5S. The standard InChI is InChI=1S/C21H27ClN2O5S/c1-11(2)13-8-9-15(22)19(12(3)4)20(13)23-21(26)24-30(27,28)18-10-14-16(25)6-5-7-17(14)29-18/h8-12,16,25H,5-7H2,1-4H3,(H2,23,24,26). The summed E-state index contributed by atoms with van der Waals surface area (Å²) in [6, 6.07) is 3.99. The molecule has 1 aliphatic carbocycles. The molecule has 1 unspecified atom stereocenters. The van der Waals surface area contributed by atoms with Gasteiger partial charge in [0, 0.05) is 23.1 Å². The fourth-order valence-electron chi connectivity index (χ4n) is 3.75. The largest absolute Gasteiger partial charge is 0.447 e. The van der Waals surface area contributed by atoms with E-state index in [2.05, 4.69) is 5.32 Å². The van der Waals surface area contributed by atoms with E-state index in [4.69, 9.17) is 16.0 Å². The van der Waals surface area contributed by atoms with Crippen molar-refractivity contribution in [1.29, 1.82) is 0 Å². The van der Waals surface area contributed by atoms with E-state index in [1.54, 1.807) is 6.07 Å². The van der Waals surface area contributed by atoms with Gasteiger partial charge >= 0.3 is 6.03 Å². The van der Waals surface area contributed by atoms with Crippen LogP contribution in [-0.4, -0.2) is 19.6 Å². The van der Waals surface area contributed by atoms with Gasteiger partial charge in [0.1, 0.15) is 5.76 Å². The smallest absolute Gasteiger partial charge is 0.333 e. The molecule has 0 saturated carbocycles. The lowest BCUT2D eigenvalue weighted by atomic mass is 9.92. The first-order valence-corrected chi connectivity index (χ1v) is 11.8. The number of hydrogen-bond donors (Lipinski definition) is 3. The van der Waals surface area contributed by atoms with Crippen LogP contribution in [0.25, 0.3) is 0 Å². The van der Waals surface area contributed by atoms with Crippen LogP contribution in [0.1, 0.15) is 80.9 Å². The van der Waals surface area contributed by atoms with Gasteiger partial charge in [-0.05, 0) is 41.9 Å². The Bertz CT molecular complexity index is 1060. The zero-order valence-electron chi connectivity index (χ0n) is 17.5. The molecule has 30 heavy (non-hydrogen) atoms. The Hall–Kier alpha value is -2.03. The topological polar surface area (TPSA) is 109 Å². The third-order valence-corrected chi connectivity index (χ3v) is 6.73. The van der Waals surface area contributed by atoms with E-state index in [0.717, 1.165) is 11.1 Å². The molecule has 7 nitrogen and oxygen atoms in total. The maximum absolute atomic E-state index is 12.7. The van der Waals surface area contributed by atoms with Gasteiger partial charge in [-0.3, -0.25) is 0 Å². The number of fused-ring (bicyclic) bond motifs is 1.